The Hall–Kier alpha value is -2.98. The minimum atomic E-state index is -2.85. The van der Waals surface area contributed by atoms with Gasteiger partial charge in [-0.05, 0) is 36.4 Å². The molecule has 0 fully saturated rings. The van der Waals surface area contributed by atoms with Gasteiger partial charge in [0.25, 0.3) is 0 Å². The standard InChI is InChI=1S/C17H10F2N2O2S/c18-17(19)23-13-5-3-11(4-6-13)15-10-24-16(21-15)12(9-20)8-14-2-1-7-22-14/h1-8,10,17H/b12-8-. The normalized spacial score (nSPS) is 11.5. The molecule has 3 rings (SSSR count). The van der Waals surface area contributed by atoms with Gasteiger partial charge in [-0.1, -0.05) is 0 Å². The van der Waals surface area contributed by atoms with Crippen molar-refractivity contribution < 1.29 is 17.9 Å². The quantitative estimate of drug-likeness (QED) is 0.606. The highest BCUT2D eigenvalue weighted by molar-refractivity contribution is 7.11. The van der Waals surface area contributed by atoms with Gasteiger partial charge in [0.2, 0.25) is 0 Å². The Bertz CT molecular complexity index is 878. The number of aromatic nitrogens is 1. The summed E-state index contributed by atoms with van der Waals surface area (Å²) < 4.78 is 33.8. The minimum Gasteiger partial charge on any atom is -0.465 e. The highest BCUT2D eigenvalue weighted by Crippen LogP contribution is 2.28. The van der Waals surface area contributed by atoms with Crippen LogP contribution in [0.1, 0.15) is 10.8 Å². The van der Waals surface area contributed by atoms with Crippen LogP contribution < -0.4 is 4.74 Å². The van der Waals surface area contributed by atoms with E-state index in [2.05, 4.69) is 15.8 Å². The third-order valence-corrected chi connectivity index (χ3v) is 3.94. The van der Waals surface area contributed by atoms with E-state index in [1.54, 1.807) is 35.7 Å². The lowest BCUT2D eigenvalue weighted by atomic mass is 10.1. The molecule has 120 valence electrons. The van der Waals surface area contributed by atoms with Crippen LogP contribution in [0.15, 0.2) is 52.5 Å². The van der Waals surface area contributed by atoms with Crippen LogP contribution in [0.5, 0.6) is 5.75 Å². The molecule has 0 spiro atoms. The number of halogens is 2. The molecule has 0 saturated heterocycles. The predicted molar refractivity (Wildman–Crippen MR) is 86.4 cm³/mol. The molecule has 0 aliphatic carbocycles. The number of rotatable bonds is 5. The minimum absolute atomic E-state index is 0.0830. The van der Waals surface area contributed by atoms with Crippen molar-refractivity contribution in [3.8, 4) is 23.1 Å². The summed E-state index contributed by atoms with van der Waals surface area (Å²) in [4.78, 5) is 4.42. The molecule has 0 unspecified atom stereocenters. The maximum Gasteiger partial charge on any atom is 0.387 e. The zero-order valence-corrected chi connectivity index (χ0v) is 13.0. The zero-order valence-electron chi connectivity index (χ0n) is 12.1. The van der Waals surface area contributed by atoms with Gasteiger partial charge >= 0.3 is 6.61 Å². The predicted octanol–water partition coefficient (Wildman–Crippen LogP) is 5.07. The average molecular weight is 344 g/mol. The van der Waals surface area contributed by atoms with Crippen LogP contribution >= 0.6 is 11.3 Å². The second kappa shape index (κ2) is 7.06. The first-order chi connectivity index (χ1) is 11.7. The number of nitrogens with zero attached hydrogens (tertiary/aromatic N) is 2. The monoisotopic (exact) mass is 344 g/mol. The molecular formula is C17H10F2N2O2S. The third kappa shape index (κ3) is 3.67. The van der Waals surface area contributed by atoms with Gasteiger partial charge in [0, 0.05) is 17.0 Å². The van der Waals surface area contributed by atoms with Crippen molar-refractivity contribution in [3.05, 3.63) is 58.8 Å². The van der Waals surface area contributed by atoms with E-state index in [-0.39, 0.29) is 5.75 Å². The fourth-order valence-corrected chi connectivity index (χ4v) is 2.79. The Labute approximate surface area is 140 Å². The van der Waals surface area contributed by atoms with Crippen molar-refractivity contribution in [3.63, 3.8) is 0 Å². The maximum absolute atomic E-state index is 12.2. The number of thiazole rings is 1. The van der Waals surface area contributed by atoms with Crippen LogP contribution in [-0.2, 0) is 0 Å². The molecule has 7 heteroatoms. The summed E-state index contributed by atoms with van der Waals surface area (Å²) in [7, 11) is 0. The summed E-state index contributed by atoms with van der Waals surface area (Å²) in [6.07, 6.45) is 3.14. The van der Waals surface area contributed by atoms with Crippen molar-refractivity contribution in [2.75, 3.05) is 0 Å². The number of furan rings is 1. The van der Waals surface area contributed by atoms with E-state index in [1.165, 1.54) is 29.7 Å². The maximum atomic E-state index is 12.2. The van der Waals surface area contributed by atoms with Crippen LogP contribution in [0.25, 0.3) is 22.9 Å². The van der Waals surface area contributed by atoms with E-state index in [0.29, 0.717) is 22.0 Å². The molecule has 0 amide bonds. The fraction of sp³-hybridized carbons (Fsp3) is 0.0588. The van der Waals surface area contributed by atoms with Crippen LogP contribution in [-0.4, -0.2) is 11.6 Å². The van der Waals surface area contributed by atoms with Crippen molar-refractivity contribution in [1.29, 1.82) is 5.26 Å². The van der Waals surface area contributed by atoms with Gasteiger partial charge in [0.15, 0.2) is 0 Å². The molecule has 0 atom stereocenters. The number of hydrogen-bond acceptors (Lipinski definition) is 5. The van der Waals surface area contributed by atoms with Crippen molar-refractivity contribution in [1.82, 2.24) is 4.98 Å². The Kier molecular flexibility index (Phi) is 4.68. The third-order valence-electron chi connectivity index (χ3n) is 3.06. The summed E-state index contributed by atoms with van der Waals surface area (Å²) >= 11 is 1.32. The largest absolute Gasteiger partial charge is 0.465 e. The summed E-state index contributed by atoms with van der Waals surface area (Å²) in [6.45, 7) is -2.85. The SMILES string of the molecule is N#C/C(=C/c1ccco1)c1nc(-c2ccc(OC(F)F)cc2)cs1. The number of hydrogen-bond donors (Lipinski definition) is 0. The van der Waals surface area contributed by atoms with Gasteiger partial charge in [-0.3, -0.25) is 0 Å². The molecule has 0 radical (unpaired) electrons. The molecule has 1 aromatic carbocycles. The van der Waals surface area contributed by atoms with E-state index >= 15 is 0 Å². The summed E-state index contributed by atoms with van der Waals surface area (Å²) in [5.41, 5.74) is 1.78. The number of allylic oxidation sites excluding steroid dienone is 1. The van der Waals surface area contributed by atoms with Crippen LogP contribution in [0.3, 0.4) is 0 Å². The Morgan fingerprint density at radius 1 is 1.29 bits per heavy atom. The van der Waals surface area contributed by atoms with Gasteiger partial charge in [-0.15, -0.1) is 11.3 Å². The zero-order chi connectivity index (χ0) is 16.9. The van der Waals surface area contributed by atoms with Crippen LogP contribution in [0, 0.1) is 11.3 Å². The number of nitriles is 1. The first-order valence-corrected chi connectivity index (χ1v) is 7.70. The van der Waals surface area contributed by atoms with Crippen LogP contribution in [0.4, 0.5) is 8.78 Å². The molecule has 0 aliphatic rings. The highest BCUT2D eigenvalue weighted by Gasteiger charge is 2.10. The van der Waals surface area contributed by atoms with Gasteiger partial charge in [0.1, 0.15) is 22.6 Å². The average Bonchev–Trinajstić information content (AvgIpc) is 3.24. The van der Waals surface area contributed by atoms with Gasteiger partial charge in [-0.2, -0.15) is 14.0 Å². The van der Waals surface area contributed by atoms with E-state index < -0.39 is 6.61 Å². The molecule has 0 saturated carbocycles. The topological polar surface area (TPSA) is 59.0 Å². The first-order valence-electron chi connectivity index (χ1n) is 6.82. The van der Waals surface area contributed by atoms with Crippen molar-refractivity contribution >= 4 is 23.0 Å². The lowest BCUT2D eigenvalue weighted by molar-refractivity contribution is -0.0498. The summed E-state index contributed by atoms with van der Waals surface area (Å²) in [5.74, 6) is 0.649. The van der Waals surface area contributed by atoms with E-state index in [1.807, 2.05) is 0 Å². The Morgan fingerprint density at radius 3 is 2.71 bits per heavy atom. The number of alkyl halides is 2. The summed E-state index contributed by atoms with van der Waals surface area (Å²) in [6, 6.07) is 11.7. The Balaban J connectivity index is 1.84. The molecule has 24 heavy (non-hydrogen) atoms. The van der Waals surface area contributed by atoms with Gasteiger partial charge < -0.3 is 9.15 Å². The van der Waals surface area contributed by atoms with E-state index in [4.69, 9.17) is 4.42 Å². The molecular weight excluding hydrogens is 334 g/mol. The molecule has 0 aliphatic heterocycles. The van der Waals surface area contributed by atoms with Gasteiger partial charge in [0.05, 0.1) is 17.5 Å². The molecule has 0 N–H and O–H groups in total. The Morgan fingerprint density at radius 2 is 2.08 bits per heavy atom. The molecule has 3 aromatic rings. The van der Waals surface area contributed by atoms with Crippen molar-refractivity contribution in [2.45, 2.75) is 6.61 Å². The lowest BCUT2D eigenvalue weighted by Crippen LogP contribution is -2.01. The molecule has 4 nitrogen and oxygen atoms in total. The number of ether oxygens (including phenoxy) is 1. The molecule has 2 heterocycles. The second-order valence-corrected chi connectivity index (χ2v) is 5.48. The molecule has 2 aromatic heterocycles. The van der Waals surface area contributed by atoms with E-state index in [0.717, 1.165) is 5.56 Å². The van der Waals surface area contributed by atoms with Crippen molar-refractivity contribution in [2.24, 2.45) is 0 Å². The van der Waals surface area contributed by atoms with Crippen LogP contribution in [0.2, 0.25) is 0 Å². The number of benzene rings is 1. The second-order valence-electron chi connectivity index (χ2n) is 4.63. The fourth-order valence-electron chi connectivity index (χ4n) is 1.99. The first kappa shape index (κ1) is 15.9. The smallest absolute Gasteiger partial charge is 0.387 e. The summed E-state index contributed by atoms with van der Waals surface area (Å²) in [5, 5.41) is 11.6. The highest BCUT2D eigenvalue weighted by atomic mass is 32.1. The lowest BCUT2D eigenvalue weighted by Gasteiger charge is -2.04. The molecule has 0 bridgehead atoms. The van der Waals surface area contributed by atoms with E-state index in [9.17, 15) is 14.0 Å². The van der Waals surface area contributed by atoms with Gasteiger partial charge in [-0.25, -0.2) is 4.98 Å².